The van der Waals surface area contributed by atoms with Gasteiger partial charge in [-0.25, -0.2) is 0 Å². The van der Waals surface area contributed by atoms with Gasteiger partial charge in [0.2, 0.25) is 0 Å². The Balaban J connectivity index is 1.87. The molecule has 0 unspecified atom stereocenters. The number of nitro benzene ring substituents is 1. The predicted molar refractivity (Wildman–Crippen MR) is 76.2 cm³/mol. The molecule has 0 bridgehead atoms. The first-order chi connectivity index (χ1) is 9.16. The second-order valence-corrected chi connectivity index (χ2v) is 4.52. The molecule has 1 heterocycles. The summed E-state index contributed by atoms with van der Waals surface area (Å²) in [4.78, 5) is 10.2. The highest BCUT2D eigenvalue weighted by molar-refractivity contribution is 5.65. The van der Waals surface area contributed by atoms with Gasteiger partial charge in [0, 0.05) is 24.8 Å². The fourth-order valence-corrected chi connectivity index (χ4v) is 2.09. The third-order valence-electron chi connectivity index (χ3n) is 3.16. The molecule has 6 nitrogen and oxygen atoms in total. The fourth-order valence-electron chi connectivity index (χ4n) is 2.09. The van der Waals surface area contributed by atoms with Crippen LogP contribution in [0.1, 0.15) is 12.8 Å². The minimum atomic E-state index is -0.473. The summed E-state index contributed by atoms with van der Waals surface area (Å²) < 4.78 is 0. The zero-order chi connectivity index (χ0) is 13.7. The molecule has 102 valence electrons. The van der Waals surface area contributed by atoms with Crippen LogP contribution in [0.2, 0.25) is 0 Å². The van der Waals surface area contributed by atoms with Gasteiger partial charge in [-0.2, -0.15) is 0 Å². The maximum Gasteiger partial charge on any atom is 0.292 e. The van der Waals surface area contributed by atoms with Crippen LogP contribution in [0.15, 0.2) is 29.8 Å². The molecule has 0 fully saturated rings. The number of nitrogens with one attached hydrogen (secondary N) is 2. The van der Waals surface area contributed by atoms with Gasteiger partial charge in [0.05, 0.1) is 4.92 Å². The van der Waals surface area contributed by atoms with Gasteiger partial charge in [0.15, 0.2) is 0 Å². The minimum Gasteiger partial charge on any atom is -0.393 e. The van der Waals surface area contributed by atoms with Crippen molar-refractivity contribution in [2.75, 3.05) is 30.7 Å². The number of nitro groups is 1. The van der Waals surface area contributed by atoms with Gasteiger partial charge in [0.25, 0.3) is 5.69 Å². The van der Waals surface area contributed by atoms with Crippen LogP contribution in [0.5, 0.6) is 0 Å². The second kappa shape index (κ2) is 6.19. The van der Waals surface area contributed by atoms with E-state index in [0.29, 0.717) is 0 Å². The third kappa shape index (κ3) is 3.69. The zero-order valence-electron chi connectivity index (χ0n) is 10.7. The number of benzene rings is 1. The zero-order valence-corrected chi connectivity index (χ0v) is 10.7. The highest BCUT2D eigenvalue weighted by Crippen LogP contribution is 2.24. The first-order valence-electron chi connectivity index (χ1n) is 6.33. The third-order valence-corrected chi connectivity index (χ3v) is 3.16. The van der Waals surface area contributed by atoms with Crippen molar-refractivity contribution < 1.29 is 4.92 Å². The molecule has 0 amide bonds. The van der Waals surface area contributed by atoms with E-state index in [0.717, 1.165) is 38.2 Å². The molecule has 1 aliphatic heterocycles. The molecule has 1 aromatic rings. The topological polar surface area (TPSA) is 93.2 Å². The fraction of sp³-hybridized carbons (Fsp3) is 0.385. The minimum absolute atomic E-state index is 0.0494. The maximum absolute atomic E-state index is 10.6. The average Bonchev–Trinajstić information content (AvgIpc) is 2.39. The van der Waals surface area contributed by atoms with Crippen LogP contribution in [0.4, 0.5) is 17.1 Å². The van der Waals surface area contributed by atoms with Crippen molar-refractivity contribution in [3.05, 3.63) is 40.0 Å². The number of hydrogen-bond donors (Lipinski definition) is 3. The van der Waals surface area contributed by atoms with E-state index in [2.05, 4.69) is 16.7 Å². The lowest BCUT2D eigenvalue weighted by Gasteiger charge is -2.14. The Morgan fingerprint density at radius 3 is 2.95 bits per heavy atom. The SMILES string of the molecule is Nc1cc(NCCC2=CCNCC2)ccc1[N+](=O)[O-]. The Morgan fingerprint density at radius 1 is 1.47 bits per heavy atom. The molecule has 0 atom stereocenters. The van der Waals surface area contributed by atoms with Gasteiger partial charge >= 0.3 is 0 Å². The van der Waals surface area contributed by atoms with E-state index in [4.69, 9.17) is 5.73 Å². The molecule has 0 radical (unpaired) electrons. The van der Waals surface area contributed by atoms with Crippen molar-refractivity contribution in [3.63, 3.8) is 0 Å². The van der Waals surface area contributed by atoms with Crippen molar-refractivity contribution in [3.8, 4) is 0 Å². The van der Waals surface area contributed by atoms with E-state index < -0.39 is 4.92 Å². The Labute approximate surface area is 111 Å². The Hall–Kier alpha value is -2.08. The van der Waals surface area contributed by atoms with E-state index in [1.165, 1.54) is 11.6 Å². The lowest BCUT2D eigenvalue weighted by molar-refractivity contribution is -0.383. The standard InChI is InChI=1S/C13H18N4O2/c14-12-9-11(1-2-13(12)17(18)19)16-8-5-10-3-6-15-7-4-10/h1-3,9,15-16H,4-8,14H2. The number of nitrogen functional groups attached to an aromatic ring is 1. The van der Waals surface area contributed by atoms with Crippen molar-refractivity contribution in [2.24, 2.45) is 0 Å². The Kier molecular flexibility index (Phi) is 4.35. The quantitative estimate of drug-likeness (QED) is 0.326. The molecule has 0 spiro atoms. The molecular weight excluding hydrogens is 244 g/mol. The second-order valence-electron chi connectivity index (χ2n) is 4.52. The van der Waals surface area contributed by atoms with Gasteiger partial charge < -0.3 is 16.4 Å². The monoisotopic (exact) mass is 262 g/mol. The molecule has 1 aliphatic rings. The van der Waals surface area contributed by atoms with Gasteiger partial charge in [-0.3, -0.25) is 10.1 Å². The van der Waals surface area contributed by atoms with E-state index in [9.17, 15) is 10.1 Å². The van der Waals surface area contributed by atoms with Crippen LogP contribution in [-0.4, -0.2) is 24.6 Å². The first kappa shape index (κ1) is 13.4. The molecule has 6 heteroatoms. The van der Waals surface area contributed by atoms with Crippen molar-refractivity contribution >= 4 is 17.1 Å². The van der Waals surface area contributed by atoms with Crippen LogP contribution >= 0.6 is 0 Å². The summed E-state index contributed by atoms with van der Waals surface area (Å²) in [6, 6.07) is 4.72. The summed E-state index contributed by atoms with van der Waals surface area (Å²) in [6.45, 7) is 2.79. The predicted octanol–water partition coefficient (Wildman–Crippen LogP) is 1.90. The molecule has 0 aromatic heterocycles. The van der Waals surface area contributed by atoms with E-state index in [1.807, 2.05) is 0 Å². The molecular formula is C13H18N4O2. The number of hydrogen-bond acceptors (Lipinski definition) is 5. The first-order valence-corrected chi connectivity index (χ1v) is 6.33. The normalized spacial score (nSPS) is 14.8. The van der Waals surface area contributed by atoms with E-state index in [-0.39, 0.29) is 11.4 Å². The molecule has 2 rings (SSSR count). The molecule has 1 aromatic carbocycles. The maximum atomic E-state index is 10.6. The average molecular weight is 262 g/mol. The van der Waals surface area contributed by atoms with Crippen LogP contribution in [0.25, 0.3) is 0 Å². The summed E-state index contributed by atoms with van der Waals surface area (Å²) in [5, 5.41) is 17.2. The Bertz CT molecular complexity index is 499. The van der Waals surface area contributed by atoms with Crippen LogP contribution < -0.4 is 16.4 Å². The van der Waals surface area contributed by atoms with Crippen molar-refractivity contribution in [2.45, 2.75) is 12.8 Å². The summed E-state index contributed by atoms with van der Waals surface area (Å²) in [5.41, 5.74) is 8.04. The van der Waals surface area contributed by atoms with Gasteiger partial charge in [-0.15, -0.1) is 0 Å². The lowest BCUT2D eigenvalue weighted by atomic mass is 10.1. The van der Waals surface area contributed by atoms with Gasteiger partial charge in [-0.05, 0) is 31.5 Å². The Morgan fingerprint density at radius 2 is 2.32 bits per heavy atom. The number of anilines is 2. The van der Waals surface area contributed by atoms with E-state index >= 15 is 0 Å². The largest absolute Gasteiger partial charge is 0.393 e. The van der Waals surface area contributed by atoms with Gasteiger partial charge in [0.1, 0.15) is 5.69 Å². The number of rotatable bonds is 5. The van der Waals surface area contributed by atoms with Gasteiger partial charge in [-0.1, -0.05) is 11.6 Å². The molecule has 0 aliphatic carbocycles. The smallest absolute Gasteiger partial charge is 0.292 e. The number of nitrogens with two attached hydrogens (primary N) is 1. The summed E-state index contributed by atoms with van der Waals surface area (Å²) in [6.07, 6.45) is 4.29. The molecule has 0 saturated heterocycles. The summed E-state index contributed by atoms with van der Waals surface area (Å²) >= 11 is 0. The van der Waals surface area contributed by atoms with Crippen molar-refractivity contribution in [1.29, 1.82) is 0 Å². The van der Waals surface area contributed by atoms with Crippen LogP contribution in [-0.2, 0) is 0 Å². The van der Waals surface area contributed by atoms with Crippen LogP contribution in [0.3, 0.4) is 0 Å². The van der Waals surface area contributed by atoms with Crippen LogP contribution in [0, 0.1) is 10.1 Å². The summed E-state index contributed by atoms with van der Waals surface area (Å²) in [7, 11) is 0. The molecule has 0 saturated carbocycles. The van der Waals surface area contributed by atoms with Crippen molar-refractivity contribution in [1.82, 2.24) is 5.32 Å². The summed E-state index contributed by atoms with van der Waals surface area (Å²) in [5.74, 6) is 0. The molecule has 4 N–H and O–H groups in total. The highest BCUT2D eigenvalue weighted by Gasteiger charge is 2.10. The number of nitrogens with zero attached hydrogens (tertiary/aromatic N) is 1. The molecule has 19 heavy (non-hydrogen) atoms. The highest BCUT2D eigenvalue weighted by atomic mass is 16.6. The lowest BCUT2D eigenvalue weighted by Crippen LogP contribution is -2.21. The van der Waals surface area contributed by atoms with E-state index in [1.54, 1.807) is 12.1 Å².